The molecular weight excluding hydrogens is 271 g/mol. The van der Waals surface area contributed by atoms with Gasteiger partial charge in [-0.1, -0.05) is 33.7 Å². The molecule has 0 unspecified atom stereocenters. The molecule has 0 nitrogen and oxygen atoms in total. The largest absolute Gasteiger partial charge is 0.643 e. The van der Waals surface area contributed by atoms with E-state index in [9.17, 15) is 0 Å². The molecule has 0 saturated carbocycles. The lowest BCUT2D eigenvalue weighted by Crippen LogP contribution is -1.66. The van der Waals surface area contributed by atoms with Crippen molar-refractivity contribution in [2.24, 2.45) is 0 Å². The summed E-state index contributed by atoms with van der Waals surface area (Å²) in [5, 5.41) is 0. The van der Waals surface area contributed by atoms with E-state index in [0.717, 1.165) is 0 Å². The van der Waals surface area contributed by atoms with Crippen molar-refractivity contribution >= 4 is 81.2 Å². The fourth-order valence-corrected chi connectivity index (χ4v) is 0. The van der Waals surface area contributed by atoms with Crippen molar-refractivity contribution in [2.45, 2.75) is 0 Å². The third kappa shape index (κ3) is 70.7. The van der Waals surface area contributed by atoms with Crippen LogP contribution >= 0.6 is 69.8 Å². The number of halogens is 6. The van der Waals surface area contributed by atoms with Gasteiger partial charge in [0.2, 0.25) is 0 Å². The highest BCUT2D eigenvalue weighted by Crippen LogP contribution is 2.51. The first-order valence-corrected chi connectivity index (χ1v) is 10.5. The van der Waals surface area contributed by atoms with Crippen LogP contribution in [-0.2, 0) is 0 Å². The second-order valence-corrected chi connectivity index (χ2v) is 11.9. The maximum atomic E-state index is 4.94. The molecule has 0 amide bonds. The average molecular weight is 271 g/mol. The molecule has 0 radical (unpaired) electrons. The summed E-state index contributed by atoms with van der Waals surface area (Å²) in [7, 11) is 14.8. The monoisotopic (exact) mass is 268 g/mol. The number of hydrogen-bond donors (Lipinski definition) is 0. The Morgan fingerprint density at radius 1 is 0.875 bits per heavy atom. The Kier molecular flexibility index (Phi) is 16.1. The molecule has 0 heterocycles. The topological polar surface area (TPSA) is 0 Å². The smallest absolute Gasteiger partial charge is 0.214 e. The molecule has 0 spiro atoms. The lowest BCUT2D eigenvalue weighted by Gasteiger charge is -1.68. The lowest BCUT2D eigenvalue weighted by atomic mass is 26.6. The number of rotatable bonds is 0. The Balaban J connectivity index is 0. The quantitative estimate of drug-likeness (QED) is 0.445. The zero-order valence-corrected chi connectivity index (χ0v) is 9.88. The molecule has 0 aromatic rings. The van der Waals surface area contributed by atoms with Crippen LogP contribution < -0.4 is 0 Å². The minimum Gasteiger partial charge on any atom is -0.214 e. The van der Waals surface area contributed by atoms with E-state index in [4.69, 9.17) is 63.9 Å². The summed E-state index contributed by atoms with van der Waals surface area (Å²) < 4.78 is 0. The Bertz CT molecular complexity index is 24.0. The molecule has 50 valence electrons. The van der Waals surface area contributed by atoms with Gasteiger partial charge in [0.05, 0.1) is 0 Å². The second-order valence-electron chi connectivity index (χ2n) is 0.439. The van der Waals surface area contributed by atoms with Crippen LogP contribution in [-0.4, -0.2) is 11.4 Å². The van der Waals surface area contributed by atoms with Crippen molar-refractivity contribution in [3.8, 4) is 0 Å². The summed E-state index contributed by atoms with van der Waals surface area (Å²) in [5.41, 5.74) is 0. The summed E-state index contributed by atoms with van der Waals surface area (Å²) >= 11 is 12.9. The fourth-order valence-electron chi connectivity index (χ4n) is 0. The van der Waals surface area contributed by atoms with Crippen LogP contribution in [0.3, 0.4) is 0 Å². The molecule has 0 rings (SSSR count). The zero-order chi connectivity index (χ0) is 7.15. The maximum Gasteiger partial charge on any atom is 0.643 e. The predicted molar refractivity (Wildman–Crippen MR) is 47.8 cm³/mol. The summed E-state index contributed by atoms with van der Waals surface area (Å²) in [6.07, 6.45) is 0. The van der Waals surface area contributed by atoms with Crippen molar-refractivity contribution < 1.29 is 0 Å². The van der Waals surface area contributed by atoms with Gasteiger partial charge in [0.25, 0.3) is 0 Å². The SMILES string of the molecule is ClP(Cl)Cl.[Cl][Al]([Cl])[Cl]. The van der Waals surface area contributed by atoms with Crippen LogP contribution in [0.1, 0.15) is 0 Å². The van der Waals surface area contributed by atoms with Gasteiger partial charge in [-0.2, -0.15) is 0 Å². The summed E-state index contributed by atoms with van der Waals surface area (Å²) in [5.74, 6) is -1.20. The van der Waals surface area contributed by atoms with Crippen LogP contribution in [0.25, 0.3) is 0 Å². The summed E-state index contributed by atoms with van der Waals surface area (Å²) in [4.78, 5) is 0. The first-order chi connectivity index (χ1) is 3.46. The molecule has 0 aliphatic heterocycles. The zero-order valence-electron chi connectivity index (χ0n) is 3.29. The third-order valence-electron chi connectivity index (χ3n) is 0. The molecule has 0 fully saturated rings. The van der Waals surface area contributed by atoms with E-state index in [1.807, 2.05) is 0 Å². The van der Waals surface area contributed by atoms with Crippen LogP contribution in [0.5, 0.6) is 0 Å². The molecule has 0 aliphatic rings. The summed E-state index contributed by atoms with van der Waals surface area (Å²) in [6.45, 7) is 0. The van der Waals surface area contributed by atoms with Gasteiger partial charge in [0.1, 0.15) is 0 Å². The second kappa shape index (κ2) is 9.70. The van der Waals surface area contributed by atoms with Crippen molar-refractivity contribution in [1.82, 2.24) is 0 Å². The molecular formula is AlCl6P. The van der Waals surface area contributed by atoms with Crippen LogP contribution in [0.4, 0.5) is 0 Å². The molecule has 0 bridgehead atoms. The van der Waals surface area contributed by atoms with Crippen molar-refractivity contribution in [3.63, 3.8) is 0 Å². The van der Waals surface area contributed by atoms with E-state index in [2.05, 4.69) is 0 Å². The Morgan fingerprint density at radius 3 is 0.875 bits per heavy atom. The Hall–Kier alpha value is 2.70. The van der Waals surface area contributed by atoms with Crippen molar-refractivity contribution in [2.75, 3.05) is 0 Å². The van der Waals surface area contributed by atoms with Gasteiger partial charge in [-0.15, -0.1) is 0 Å². The van der Waals surface area contributed by atoms with E-state index in [1.165, 1.54) is 0 Å². The van der Waals surface area contributed by atoms with Gasteiger partial charge in [0.15, 0.2) is 5.98 Å². The third-order valence-corrected chi connectivity index (χ3v) is 0. The van der Waals surface area contributed by atoms with Crippen LogP contribution in [0, 0.1) is 0 Å². The molecule has 8 heteroatoms. The molecule has 0 saturated heterocycles. The van der Waals surface area contributed by atoms with Crippen LogP contribution in [0.2, 0.25) is 0 Å². The minimum absolute atomic E-state index is 1.20. The van der Waals surface area contributed by atoms with Crippen LogP contribution in [0.15, 0.2) is 0 Å². The molecule has 0 atom stereocenters. The van der Waals surface area contributed by atoms with Gasteiger partial charge >= 0.3 is 11.4 Å². The molecule has 8 heavy (non-hydrogen) atoms. The number of hydrogen-bond acceptors (Lipinski definition) is 0. The molecule has 0 N–H and O–H groups in total. The highest BCUT2D eigenvalue weighted by atomic mass is 36.0. The first kappa shape index (κ1) is 13.3. The molecule has 0 aromatic carbocycles. The predicted octanol–water partition coefficient (Wildman–Crippen LogP) is 4.62. The molecule has 0 aromatic heterocycles. The molecule has 0 aliphatic carbocycles. The average Bonchev–Trinajstić information content (AvgIpc) is 1.25. The lowest BCUT2D eigenvalue weighted by molar-refractivity contribution is 4.07. The van der Waals surface area contributed by atoms with Crippen molar-refractivity contribution in [3.05, 3.63) is 0 Å². The highest BCUT2D eigenvalue weighted by molar-refractivity contribution is 8.20. The minimum atomic E-state index is -1.72. The normalized spacial score (nSPS) is 7.88. The van der Waals surface area contributed by atoms with E-state index in [0.29, 0.717) is 0 Å². The van der Waals surface area contributed by atoms with E-state index >= 15 is 0 Å². The Morgan fingerprint density at radius 2 is 0.875 bits per heavy atom. The maximum absolute atomic E-state index is 4.94. The van der Waals surface area contributed by atoms with Gasteiger partial charge in [-0.05, 0) is 0 Å². The van der Waals surface area contributed by atoms with Gasteiger partial charge in [-0.25, -0.2) is 30.1 Å². The van der Waals surface area contributed by atoms with E-state index < -0.39 is 17.4 Å². The standard InChI is InChI=1S/Al.Cl3P.3ClH/c;1-4(2)3;;;/h;;3*1H/q+3;;;;/p-3. The Labute approximate surface area is 80.4 Å². The highest BCUT2D eigenvalue weighted by Gasteiger charge is 2.00. The fraction of sp³-hybridized carbons (Fsp3) is 0. The van der Waals surface area contributed by atoms with E-state index in [1.54, 1.807) is 0 Å². The van der Waals surface area contributed by atoms with Gasteiger partial charge in [0, 0.05) is 0 Å². The summed E-state index contributed by atoms with van der Waals surface area (Å²) in [6, 6.07) is 0. The van der Waals surface area contributed by atoms with Gasteiger partial charge in [-0.3, -0.25) is 0 Å². The van der Waals surface area contributed by atoms with Gasteiger partial charge < -0.3 is 0 Å². The first-order valence-electron chi connectivity index (χ1n) is 1.16. The van der Waals surface area contributed by atoms with E-state index in [-0.39, 0.29) is 0 Å². The van der Waals surface area contributed by atoms with Crippen molar-refractivity contribution in [1.29, 1.82) is 0 Å².